The van der Waals surface area contributed by atoms with Gasteiger partial charge >= 0.3 is 6.18 Å². The predicted molar refractivity (Wildman–Crippen MR) is 106 cm³/mol. The summed E-state index contributed by atoms with van der Waals surface area (Å²) in [6.45, 7) is 0.112. The molecule has 0 saturated heterocycles. The summed E-state index contributed by atoms with van der Waals surface area (Å²) in [7, 11) is 5.01. The summed E-state index contributed by atoms with van der Waals surface area (Å²) in [5.74, 6) is -0.941. The third kappa shape index (κ3) is 5.00. The maximum atomic E-state index is 13.8. The Morgan fingerprint density at radius 2 is 1.87 bits per heavy atom. The van der Waals surface area contributed by atoms with Gasteiger partial charge in [-0.3, -0.25) is 4.79 Å². The summed E-state index contributed by atoms with van der Waals surface area (Å²) in [6.07, 6.45) is -3.97. The minimum Gasteiger partial charge on any atom is -0.480 e. The highest BCUT2D eigenvalue weighted by molar-refractivity contribution is 5.95. The third-order valence-corrected chi connectivity index (χ3v) is 4.60. The van der Waals surface area contributed by atoms with Crippen molar-refractivity contribution in [3.63, 3.8) is 0 Å². The van der Waals surface area contributed by atoms with Crippen molar-refractivity contribution in [2.45, 2.75) is 12.2 Å². The number of nitrogens with zero attached hydrogens (tertiary/aromatic N) is 5. The van der Waals surface area contributed by atoms with Gasteiger partial charge in [0.25, 0.3) is 5.91 Å². The van der Waals surface area contributed by atoms with Crippen LogP contribution in [0.25, 0.3) is 5.82 Å². The summed E-state index contributed by atoms with van der Waals surface area (Å²) in [5.41, 5.74) is -0.908. The lowest BCUT2D eigenvalue weighted by Crippen LogP contribution is -2.35. The van der Waals surface area contributed by atoms with Crippen molar-refractivity contribution in [3.8, 4) is 11.7 Å². The molecular weight excluding hydrogens is 413 g/mol. The maximum Gasteiger partial charge on any atom is 0.434 e. The first-order valence-corrected chi connectivity index (χ1v) is 9.25. The van der Waals surface area contributed by atoms with Crippen LogP contribution in [0.4, 0.5) is 13.2 Å². The first-order chi connectivity index (χ1) is 14.7. The van der Waals surface area contributed by atoms with Crippen LogP contribution in [0.1, 0.15) is 27.7 Å². The number of amides is 1. The van der Waals surface area contributed by atoms with E-state index in [4.69, 9.17) is 4.74 Å². The molecule has 164 valence electrons. The molecule has 2 heterocycles. The summed E-state index contributed by atoms with van der Waals surface area (Å²) >= 11 is 0. The SMILES string of the molecule is COc1ccc(-n2ncc(C(=O)NCC(c3ccccc3)N(C)C)c2C(F)(F)F)nn1. The number of alkyl halides is 3. The number of ether oxygens (including phenoxy) is 1. The fourth-order valence-corrected chi connectivity index (χ4v) is 3.05. The van der Waals surface area contributed by atoms with E-state index in [9.17, 15) is 18.0 Å². The highest BCUT2D eigenvalue weighted by atomic mass is 19.4. The van der Waals surface area contributed by atoms with Crippen molar-refractivity contribution >= 4 is 5.91 Å². The van der Waals surface area contributed by atoms with Gasteiger partial charge in [-0.1, -0.05) is 30.3 Å². The number of likely N-dealkylation sites (N-methyl/N-ethyl adjacent to an activating group) is 1. The van der Waals surface area contributed by atoms with Gasteiger partial charge in [-0.15, -0.1) is 10.2 Å². The molecule has 3 aromatic rings. The molecule has 3 rings (SSSR count). The Morgan fingerprint density at radius 1 is 1.16 bits per heavy atom. The number of benzene rings is 1. The molecule has 1 amide bonds. The summed E-state index contributed by atoms with van der Waals surface area (Å²) in [5, 5.41) is 13.7. The number of methoxy groups -OCH3 is 1. The molecule has 11 heteroatoms. The Hall–Kier alpha value is -3.47. The summed E-state index contributed by atoms with van der Waals surface area (Å²) in [6, 6.07) is 11.8. The molecule has 0 bridgehead atoms. The molecule has 0 spiro atoms. The van der Waals surface area contributed by atoms with Gasteiger partial charge in [-0.05, 0) is 25.7 Å². The Kier molecular flexibility index (Phi) is 6.54. The van der Waals surface area contributed by atoms with Crippen molar-refractivity contribution in [2.75, 3.05) is 27.7 Å². The quantitative estimate of drug-likeness (QED) is 0.616. The van der Waals surface area contributed by atoms with E-state index in [-0.39, 0.29) is 24.3 Å². The van der Waals surface area contributed by atoms with Gasteiger partial charge in [-0.2, -0.15) is 18.3 Å². The third-order valence-electron chi connectivity index (χ3n) is 4.60. The van der Waals surface area contributed by atoms with Crippen molar-refractivity contribution in [3.05, 3.63) is 65.5 Å². The number of nitrogens with one attached hydrogen (secondary N) is 1. The monoisotopic (exact) mass is 434 g/mol. The van der Waals surface area contributed by atoms with Crippen LogP contribution >= 0.6 is 0 Å². The minimum atomic E-state index is -4.84. The van der Waals surface area contributed by atoms with Gasteiger partial charge < -0.3 is 15.0 Å². The van der Waals surface area contributed by atoms with Gasteiger partial charge in [0, 0.05) is 12.6 Å². The van der Waals surface area contributed by atoms with E-state index in [2.05, 4.69) is 20.6 Å². The van der Waals surface area contributed by atoms with Crippen LogP contribution in [0.2, 0.25) is 0 Å². The van der Waals surface area contributed by atoms with E-state index in [1.165, 1.54) is 19.2 Å². The number of hydrogen-bond donors (Lipinski definition) is 1. The van der Waals surface area contributed by atoms with Crippen LogP contribution in [0, 0.1) is 0 Å². The molecule has 1 unspecified atom stereocenters. The fourth-order valence-electron chi connectivity index (χ4n) is 3.05. The van der Waals surface area contributed by atoms with Crippen LogP contribution in [-0.2, 0) is 6.18 Å². The molecule has 0 saturated carbocycles. The molecule has 2 aromatic heterocycles. The maximum absolute atomic E-state index is 13.8. The zero-order valence-corrected chi connectivity index (χ0v) is 17.1. The number of hydrogen-bond acceptors (Lipinski definition) is 6. The molecule has 1 N–H and O–H groups in total. The fraction of sp³-hybridized carbons (Fsp3) is 0.300. The minimum absolute atomic E-state index is 0.112. The standard InChI is InChI=1S/C20H21F3N6O2/c1-28(2)15(13-7-5-4-6-8-13)12-24-19(30)14-11-25-29(18(14)20(21,22)23)16-9-10-17(31-3)27-26-16/h4-11,15H,12H2,1-3H3,(H,24,30). The van der Waals surface area contributed by atoms with Gasteiger partial charge in [0.2, 0.25) is 5.88 Å². The Morgan fingerprint density at radius 3 is 2.42 bits per heavy atom. The molecule has 8 nitrogen and oxygen atoms in total. The Bertz CT molecular complexity index is 1020. The van der Waals surface area contributed by atoms with Gasteiger partial charge in [0.05, 0.1) is 24.9 Å². The van der Waals surface area contributed by atoms with E-state index in [0.717, 1.165) is 11.8 Å². The van der Waals surface area contributed by atoms with E-state index in [1.807, 2.05) is 49.3 Å². The van der Waals surface area contributed by atoms with Crippen molar-refractivity contribution in [2.24, 2.45) is 0 Å². The first-order valence-electron chi connectivity index (χ1n) is 9.25. The molecule has 0 aliphatic heterocycles. The van der Waals surface area contributed by atoms with Crippen molar-refractivity contribution < 1.29 is 22.7 Å². The lowest BCUT2D eigenvalue weighted by molar-refractivity contribution is -0.143. The van der Waals surface area contributed by atoms with Crippen molar-refractivity contribution in [1.82, 2.24) is 30.2 Å². The normalized spacial score (nSPS) is 12.6. The van der Waals surface area contributed by atoms with Crippen molar-refractivity contribution in [1.29, 1.82) is 0 Å². The van der Waals surface area contributed by atoms with Crippen LogP contribution in [-0.4, -0.2) is 58.5 Å². The Balaban J connectivity index is 1.87. The van der Waals surface area contributed by atoms with Gasteiger partial charge in [0.15, 0.2) is 11.5 Å². The second kappa shape index (κ2) is 9.13. The average molecular weight is 434 g/mol. The second-order valence-electron chi connectivity index (χ2n) is 6.85. The molecule has 1 aromatic carbocycles. The largest absolute Gasteiger partial charge is 0.480 e. The van der Waals surface area contributed by atoms with Gasteiger partial charge in [0.1, 0.15) is 0 Å². The molecule has 31 heavy (non-hydrogen) atoms. The van der Waals surface area contributed by atoms with E-state index < -0.39 is 23.3 Å². The van der Waals surface area contributed by atoms with E-state index in [0.29, 0.717) is 4.68 Å². The smallest absolute Gasteiger partial charge is 0.434 e. The topological polar surface area (TPSA) is 85.2 Å². The second-order valence-corrected chi connectivity index (χ2v) is 6.85. The molecule has 0 aliphatic rings. The zero-order chi connectivity index (χ0) is 22.6. The molecule has 0 radical (unpaired) electrons. The van der Waals surface area contributed by atoms with Crippen LogP contribution < -0.4 is 10.1 Å². The molecule has 0 fully saturated rings. The lowest BCUT2D eigenvalue weighted by atomic mass is 10.1. The number of rotatable bonds is 7. The lowest BCUT2D eigenvalue weighted by Gasteiger charge is -2.25. The highest BCUT2D eigenvalue weighted by Gasteiger charge is 2.41. The predicted octanol–water partition coefficient (Wildman–Crippen LogP) is 2.72. The van der Waals surface area contributed by atoms with E-state index >= 15 is 0 Å². The molecule has 1 atom stereocenters. The van der Waals surface area contributed by atoms with Crippen LogP contribution in [0.15, 0.2) is 48.7 Å². The average Bonchev–Trinajstić information content (AvgIpc) is 3.20. The molecular formula is C20H21F3N6O2. The molecule has 0 aliphatic carbocycles. The Labute approximate surface area is 176 Å². The number of carbonyl (C=O) groups is 1. The first kappa shape index (κ1) is 22.2. The number of carbonyl (C=O) groups excluding carboxylic acids is 1. The summed E-state index contributed by atoms with van der Waals surface area (Å²) < 4.78 is 46.8. The number of aromatic nitrogens is 4. The zero-order valence-electron chi connectivity index (χ0n) is 17.1. The van der Waals surface area contributed by atoms with Gasteiger partial charge in [-0.25, -0.2) is 4.68 Å². The summed E-state index contributed by atoms with van der Waals surface area (Å²) in [4.78, 5) is 14.5. The van der Waals surface area contributed by atoms with E-state index in [1.54, 1.807) is 0 Å². The van der Waals surface area contributed by atoms with Crippen LogP contribution in [0.5, 0.6) is 5.88 Å². The highest BCUT2D eigenvalue weighted by Crippen LogP contribution is 2.33. The van der Waals surface area contributed by atoms with Crippen LogP contribution in [0.3, 0.4) is 0 Å². The number of halogens is 3.